The number of benzene rings is 2. The number of hydrogen-bond donors (Lipinski definition) is 0. The van der Waals surface area contributed by atoms with Crippen molar-refractivity contribution in [1.29, 1.82) is 5.26 Å². The highest BCUT2D eigenvalue weighted by molar-refractivity contribution is 7.90. The van der Waals surface area contributed by atoms with E-state index in [9.17, 15) is 21.6 Å². The average molecular weight is 311 g/mol. The summed E-state index contributed by atoms with van der Waals surface area (Å²) in [6.45, 7) is 0. The van der Waals surface area contributed by atoms with E-state index in [1.165, 1.54) is 0 Å². The fourth-order valence-electron chi connectivity index (χ4n) is 1.80. The fraction of sp³-hybridized carbons (Fsp3) is 0.0714. The van der Waals surface area contributed by atoms with E-state index < -0.39 is 37.9 Å². The molecule has 0 saturated heterocycles. The molecule has 2 rings (SSSR count). The van der Waals surface area contributed by atoms with E-state index >= 15 is 0 Å². The summed E-state index contributed by atoms with van der Waals surface area (Å²) in [5.41, 5.74) is -0.108. The predicted octanol–water partition coefficient (Wildman–Crippen LogP) is 2.95. The van der Waals surface area contributed by atoms with Crippen LogP contribution >= 0.6 is 0 Å². The van der Waals surface area contributed by atoms with E-state index in [1.54, 1.807) is 6.07 Å². The zero-order chi connectivity index (χ0) is 15.6. The second kappa shape index (κ2) is 5.58. The van der Waals surface area contributed by atoms with E-state index in [0.29, 0.717) is 6.07 Å². The van der Waals surface area contributed by atoms with Gasteiger partial charge in [0.2, 0.25) is 0 Å². The monoisotopic (exact) mass is 311 g/mol. The summed E-state index contributed by atoms with van der Waals surface area (Å²) in [6, 6.07) is 6.85. The quantitative estimate of drug-likeness (QED) is 0.819. The van der Waals surface area contributed by atoms with Crippen LogP contribution in [0.25, 0.3) is 0 Å². The van der Waals surface area contributed by atoms with Crippen LogP contribution in [-0.4, -0.2) is 8.42 Å². The fourth-order valence-corrected chi connectivity index (χ4v) is 3.24. The second-order valence-corrected chi connectivity index (χ2v) is 6.21. The topological polar surface area (TPSA) is 57.9 Å². The number of halogens is 3. The summed E-state index contributed by atoms with van der Waals surface area (Å²) in [4.78, 5) is -0.697. The molecule has 0 amide bonds. The maximum Gasteiger partial charge on any atom is 0.185 e. The zero-order valence-corrected chi connectivity index (χ0v) is 11.3. The Labute approximate surface area is 119 Å². The SMILES string of the molecule is N#Cc1ccc(F)cc1CS(=O)(=O)c1ccc(F)cc1F. The Bertz CT molecular complexity index is 842. The van der Waals surface area contributed by atoms with Crippen LogP contribution in [0.2, 0.25) is 0 Å². The lowest BCUT2D eigenvalue weighted by molar-refractivity contribution is 0.548. The Hall–Kier alpha value is -2.33. The Morgan fingerprint density at radius 3 is 2.24 bits per heavy atom. The van der Waals surface area contributed by atoms with Crippen molar-refractivity contribution in [3.05, 3.63) is 65.0 Å². The summed E-state index contributed by atoms with van der Waals surface area (Å²) in [6.07, 6.45) is 0. The minimum Gasteiger partial charge on any atom is -0.223 e. The number of nitriles is 1. The van der Waals surface area contributed by atoms with Gasteiger partial charge in [-0.25, -0.2) is 21.6 Å². The third kappa shape index (κ3) is 3.23. The maximum absolute atomic E-state index is 13.6. The van der Waals surface area contributed by atoms with Gasteiger partial charge in [-0.1, -0.05) is 0 Å². The summed E-state index contributed by atoms with van der Waals surface area (Å²) >= 11 is 0. The molecular formula is C14H8F3NO2S. The van der Waals surface area contributed by atoms with Gasteiger partial charge in [0.05, 0.1) is 17.4 Å². The molecule has 0 atom stereocenters. The molecule has 0 aliphatic carbocycles. The molecule has 0 radical (unpaired) electrons. The average Bonchev–Trinajstić information content (AvgIpc) is 2.37. The van der Waals surface area contributed by atoms with Crippen LogP contribution in [0.1, 0.15) is 11.1 Å². The van der Waals surface area contributed by atoms with Gasteiger partial charge >= 0.3 is 0 Å². The van der Waals surface area contributed by atoms with Crippen molar-refractivity contribution in [3.8, 4) is 6.07 Å². The number of rotatable bonds is 3. The molecule has 0 heterocycles. The van der Waals surface area contributed by atoms with Gasteiger partial charge in [0.25, 0.3) is 0 Å². The first-order valence-electron chi connectivity index (χ1n) is 5.70. The molecule has 2 aromatic carbocycles. The van der Waals surface area contributed by atoms with Gasteiger partial charge in [-0.15, -0.1) is 0 Å². The van der Waals surface area contributed by atoms with Gasteiger partial charge < -0.3 is 0 Å². The van der Waals surface area contributed by atoms with Gasteiger partial charge in [0.1, 0.15) is 22.3 Å². The normalized spacial score (nSPS) is 11.1. The molecule has 2 aromatic rings. The van der Waals surface area contributed by atoms with Gasteiger partial charge in [-0.3, -0.25) is 0 Å². The Morgan fingerprint density at radius 2 is 1.62 bits per heavy atom. The number of hydrogen-bond acceptors (Lipinski definition) is 3. The highest BCUT2D eigenvalue weighted by Gasteiger charge is 2.22. The van der Waals surface area contributed by atoms with Crippen molar-refractivity contribution < 1.29 is 21.6 Å². The molecule has 0 saturated carbocycles. The van der Waals surface area contributed by atoms with Gasteiger partial charge in [-0.05, 0) is 35.9 Å². The lowest BCUT2D eigenvalue weighted by atomic mass is 10.1. The molecule has 0 unspecified atom stereocenters. The van der Waals surface area contributed by atoms with Gasteiger partial charge in [0, 0.05) is 6.07 Å². The first-order valence-corrected chi connectivity index (χ1v) is 7.35. The molecule has 0 bridgehead atoms. The van der Waals surface area contributed by atoms with Crippen LogP contribution in [0.15, 0.2) is 41.3 Å². The smallest absolute Gasteiger partial charge is 0.185 e. The molecule has 0 N–H and O–H groups in total. The zero-order valence-electron chi connectivity index (χ0n) is 10.5. The van der Waals surface area contributed by atoms with Crippen LogP contribution in [0.5, 0.6) is 0 Å². The summed E-state index contributed by atoms with van der Waals surface area (Å²) < 4.78 is 63.8. The summed E-state index contributed by atoms with van der Waals surface area (Å²) in [5.74, 6) is -3.60. The van der Waals surface area contributed by atoms with Crippen LogP contribution in [-0.2, 0) is 15.6 Å². The molecule has 0 aromatic heterocycles. The molecule has 0 fully saturated rings. The first-order chi connectivity index (χ1) is 9.83. The van der Waals surface area contributed by atoms with E-state index in [4.69, 9.17) is 5.26 Å². The van der Waals surface area contributed by atoms with Crippen LogP contribution in [0, 0.1) is 28.8 Å². The van der Waals surface area contributed by atoms with E-state index in [-0.39, 0.29) is 11.1 Å². The van der Waals surface area contributed by atoms with Crippen molar-refractivity contribution >= 4 is 9.84 Å². The van der Waals surface area contributed by atoms with Gasteiger partial charge in [-0.2, -0.15) is 5.26 Å². The van der Waals surface area contributed by atoms with Crippen molar-refractivity contribution in [1.82, 2.24) is 0 Å². The third-order valence-electron chi connectivity index (χ3n) is 2.76. The second-order valence-electron chi connectivity index (χ2n) is 4.25. The first kappa shape index (κ1) is 15.1. The summed E-state index contributed by atoms with van der Waals surface area (Å²) in [7, 11) is -4.17. The summed E-state index contributed by atoms with van der Waals surface area (Å²) in [5, 5.41) is 8.88. The van der Waals surface area contributed by atoms with E-state index in [1.807, 2.05) is 0 Å². The molecule has 21 heavy (non-hydrogen) atoms. The highest BCUT2D eigenvalue weighted by Crippen LogP contribution is 2.22. The molecule has 3 nitrogen and oxygen atoms in total. The molecule has 7 heteroatoms. The molecule has 0 aliphatic heterocycles. The Morgan fingerprint density at radius 1 is 1.00 bits per heavy atom. The number of sulfone groups is 1. The van der Waals surface area contributed by atoms with Gasteiger partial charge in [0.15, 0.2) is 9.84 Å². The lowest BCUT2D eigenvalue weighted by Crippen LogP contribution is -2.09. The highest BCUT2D eigenvalue weighted by atomic mass is 32.2. The largest absolute Gasteiger partial charge is 0.223 e. The van der Waals surface area contributed by atoms with Crippen LogP contribution < -0.4 is 0 Å². The molecule has 0 spiro atoms. The molecular weight excluding hydrogens is 303 g/mol. The van der Waals surface area contributed by atoms with Crippen molar-refractivity contribution in [3.63, 3.8) is 0 Å². The minimum atomic E-state index is -4.17. The van der Waals surface area contributed by atoms with E-state index in [2.05, 4.69) is 0 Å². The lowest BCUT2D eigenvalue weighted by Gasteiger charge is -2.07. The van der Waals surface area contributed by atoms with Crippen LogP contribution in [0.4, 0.5) is 13.2 Å². The molecule has 0 aliphatic rings. The Kier molecular flexibility index (Phi) is 4.00. The predicted molar refractivity (Wildman–Crippen MR) is 68.4 cm³/mol. The Balaban J connectivity index is 2.47. The van der Waals surface area contributed by atoms with Crippen LogP contribution in [0.3, 0.4) is 0 Å². The number of nitrogens with zero attached hydrogens (tertiary/aromatic N) is 1. The molecule has 108 valence electrons. The third-order valence-corrected chi connectivity index (χ3v) is 4.45. The van der Waals surface area contributed by atoms with Crippen molar-refractivity contribution in [2.75, 3.05) is 0 Å². The van der Waals surface area contributed by atoms with Crippen molar-refractivity contribution in [2.45, 2.75) is 10.6 Å². The minimum absolute atomic E-state index is 0.0255. The maximum atomic E-state index is 13.6. The standard InChI is InChI=1S/C14H8F3NO2S/c15-11-2-1-9(7-18)10(5-11)8-21(19,20)14-4-3-12(16)6-13(14)17/h1-6H,8H2. The van der Waals surface area contributed by atoms with Crippen molar-refractivity contribution in [2.24, 2.45) is 0 Å². The van der Waals surface area contributed by atoms with E-state index in [0.717, 1.165) is 30.3 Å².